The van der Waals surface area contributed by atoms with E-state index in [1.54, 1.807) is 0 Å². The van der Waals surface area contributed by atoms with Crippen LogP contribution in [0.15, 0.2) is 203 Å². The largest absolute Gasteiger partial charge is 0.457 e. The first kappa shape index (κ1) is 50.7. The van der Waals surface area contributed by atoms with Crippen LogP contribution < -0.4 is 4.74 Å². The van der Waals surface area contributed by atoms with E-state index in [2.05, 4.69) is 247 Å². The van der Waals surface area contributed by atoms with E-state index in [9.17, 15) is 0 Å². The van der Waals surface area contributed by atoms with Gasteiger partial charge in [-0.2, -0.15) is 0 Å². The zero-order valence-corrected chi connectivity index (χ0v) is 47.7. The van der Waals surface area contributed by atoms with Crippen LogP contribution in [0.25, 0.3) is 122 Å². The van der Waals surface area contributed by atoms with Crippen LogP contribution in [0, 0.1) is 6.92 Å². The first-order chi connectivity index (χ1) is 39.9. The minimum atomic E-state index is 0.174. The summed E-state index contributed by atoms with van der Waals surface area (Å²) in [6, 6.07) is 68.8. The van der Waals surface area contributed by atoms with Gasteiger partial charge in [0, 0.05) is 32.8 Å². The fraction of sp³-hybridized carbons (Fsp3) is 0.176. The summed E-state index contributed by atoms with van der Waals surface area (Å²) in [6.07, 6.45) is 0. The number of pyridine rings is 1. The molecule has 0 unspecified atom stereocenters. The summed E-state index contributed by atoms with van der Waals surface area (Å²) in [4.78, 5) is 15.8. The molecule has 8 nitrogen and oxygen atoms in total. The lowest BCUT2D eigenvalue weighted by atomic mass is 9.88. The van der Waals surface area contributed by atoms with E-state index >= 15 is 0 Å². The van der Waals surface area contributed by atoms with Crippen molar-refractivity contribution in [2.45, 2.75) is 86.0 Å². The quantitative estimate of drug-likeness (QED) is 0.121. The van der Waals surface area contributed by atoms with E-state index in [1.165, 1.54) is 50.2 Å². The van der Waals surface area contributed by atoms with Gasteiger partial charge in [0.25, 0.3) is 0 Å². The van der Waals surface area contributed by atoms with E-state index in [0.29, 0.717) is 34.0 Å². The molecule has 402 valence electrons. The van der Waals surface area contributed by atoms with Crippen LogP contribution in [0.4, 0.5) is 0 Å². The minimum absolute atomic E-state index is 0.174. The fourth-order valence-electron chi connectivity index (χ4n) is 12.3. The van der Waals surface area contributed by atoms with Gasteiger partial charge < -0.3 is 13.6 Å². The van der Waals surface area contributed by atoms with E-state index < -0.39 is 0 Å². The van der Waals surface area contributed by atoms with Crippen LogP contribution in [-0.2, 0) is 0 Å². The molecule has 14 aromatic rings. The minimum Gasteiger partial charge on any atom is -0.457 e. The van der Waals surface area contributed by atoms with Gasteiger partial charge in [0.05, 0.1) is 39.0 Å². The number of hydrogen-bond donors (Lipinski definition) is 0. The van der Waals surface area contributed by atoms with Gasteiger partial charge in [-0.1, -0.05) is 152 Å². The molecule has 8 heteroatoms. The predicted molar refractivity (Wildman–Crippen MR) is 337 cm³/mol. The van der Waals surface area contributed by atoms with Crippen molar-refractivity contribution in [3.63, 3.8) is 0 Å². The molecule has 0 atom stereocenters. The highest BCUT2D eigenvalue weighted by Gasteiger charge is 2.29. The Morgan fingerprint density at radius 3 is 1.40 bits per heavy atom. The summed E-state index contributed by atoms with van der Waals surface area (Å²) in [5.74, 6) is 3.67. The van der Waals surface area contributed by atoms with Crippen molar-refractivity contribution in [3.8, 4) is 67.9 Å². The molecule has 0 saturated heterocycles. The number of fused-ring (bicyclic) bond motifs is 9. The summed E-state index contributed by atoms with van der Waals surface area (Å²) in [7, 11) is 0. The Bertz CT molecular complexity index is 4740. The van der Waals surface area contributed by atoms with Gasteiger partial charge in [-0.3, -0.25) is 9.13 Å². The van der Waals surface area contributed by atoms with Crippen molar-refractivity contribution in [1.82, 2.24) is 24.1 Å². The van der Waals surface area contributed by atoms with Crippen LogP contribution in [0.3, 0.4) is 0 Å². The molecule has 0 radical (unpaired) electrons. The maximum Gasteiger partial charge on any atom is 0.227 e. The third kappa shape index (κ3) is 8.46. The second kappa shape index (κ2) is 19.9. The number of furan rings is 2. The van der Waals surface area contributed by atoms with Crippen molar-refractivity contribution < 1.29 is 13.6 Å². The number of imidazole rings is 2. The molecule has 0 aliphatic heterocycles. The highest BCUT2D eigenvalue weighted by atomic mass is 16.5. The van der Waals surface area contributed by atoms with E-state index in [1.807, 2.05) is 19.1 Å². The molecule has 5 aromatic heterocycles. The number of aromatic nitrogens is 5. The zero-order chi connectivity index (χ0) is 56.1. The smallest absolute Gasteiger partial charge is 0.227 e. The Morgan fingerprint density at radius 1 is 0.366 bits per heavy atom. The molecule has 14 rings (SSSR count). The lowest BCUT2D eigenvalue weighted by Gasteiger charge is -2.24. The van der Waals surface area contributed by atoms with Gasteiger partial charge in [-0.15, -0.1) is 0 Å². The average Bonchev–Trinajstić information content (AvgIpc) is 2.34. The maximum absolute atomic E-state index is 7.25. The van der Waals surface area contributed by atoms with E-state index in [0.717, 1.165) is 77.8 Å². The molecule has 0 aliphatic carbocycles. The lowest BCUT2D eigenvalue weighted by molar-refractivity contribution is 0.483. The summed E-state index contributed by atoms with van der Waals surface area (Å²) < 4.78 is 25.9. The Hall–Kier alpha value is -9.53. The predicted octanol–water partition coefficient (Wildman–Crippen LogP) is 20.8. The van der Waals surface area contributed by atoms with E-state index in [4.69, 9.17) is 28.5 Å². The Balaban J connectivity index is 0.990. The highest BCUT2D eigenvalue weighted by Crippen LogP contribution is 2.48. The number of ether oxygens (including phenoxy) is 1. The van der Waals surface area contributed by atoms with Crippen molar-refractivity contribution in [2.75, 3.05) is 0 Å². The van der Waals surface area contributed by atoms with Crippen molar-refractivity contribution in [1.29, 1.82) is 0 Å². The Morgan fingerprint density at radius 2 is 0.841 bits per heavy atom. The van der Waals surface area contributed by atoms with Gasteiger partial charge >= 0.3 is 0 Å². The van der Waals surface area contributed by atoms with E-state index in [-0.39, 0.29) is 23.7 Å². The molecule has 0 amide bonds. The lowest BCUT2D eigenvalue weighted by Crippen LogP contribution is -2.09. The summed E-state index contributed by atoms with van der Waals surface area (Å²) in [5, 5.41) is 3.65. The normalized spacial score (nSPS) is 12.2. The van der Waals surface area contributed by atoms with Crippen molar-refractivity contribution in [3.05, 3.63) is 222 Å². The number of aryl methyl sites for hydroxylation is 1. The molecule has 0 spiro atoms. The van der Waals surface area contributed by atoms with Crippen LogP contribution in [0.1, 0.15) is 107 Å². The van der Waals surface area contributed by atoms with Crippen LogP contribution in [0.5, 0.6) is 11.5 Å². The SMILES string of the molecule is Cc1ccc2c(n1)oc1c2ccc2c3cc(Oc4cccc(-c5nc6ccccc6n5-c5c(C(C)C)cc(-c6ccccc6)cc5C(C)C)c4)cc(-c4nc5ccccc5n4-c4c(C(C)C)cc(-c5ccccc5)cc4C(C)C)c3oc21. The molecule has 9 aromatic carbocycles. The molecule has 82 heavy (non-hydrogen) atoms. The number of benzene rings is 9. The highest BCUT2D eigenvalue weighted by molar-refractivity contribution is 6.20. The van der Waals surface area contributed by atoms with Crippen LogP contribution >= 0.6 is 0 Å². The van der Waals surface area contributed by atoms with Gasteiger partial charge in [0.15, 0.2) is 11.2 Å². The summed E-state index contributed by atoms with van der Waals surface area (Å²) in [6.45, 7) is 20.3. The van der Waals surface area contributed by atoms with Crippen molar-refractivity contribution >= 4 is 66.1 Å². The molecule has 0 bridgehead atoms. The number of hydrogen-bond acceptors (Lipinski definition) is 6. The third-order valence-electron chi connectivity index (χ3n) is 16.3. The average molecular weight is 1070 g/mol. The Kier molecular flexibility index (Phi) is 12.3. The monoisotopic (exact) mass is 1070 g/mol. The van der Waals surface area contributed by atoms with Crippen LogP contribution in [0.2, 0.25) is 0 Å². The van der Waals surface area contributed by atoms with Crippen LogP contribution in [-0.4, -0.2) is 24.1 Å². The molecule has 0 fully saturated rings. The molecular formula is C74H63N5O3. The Labute approximate surface area is 477 Å². The van der Waals surface area contributed by atoms with Gasteiger partial charge in [-0.25, -0.2) is 15.0 Å². The number of para-hydroxylation sites is 4. The molecule has 0 N–H and O–H groups in total. The third-order valence-corrected chi connectivity index (χ3v) is 16.3. The van der Waals surface area contributed by atoms with Crippen molar-refractivity contribution in [2.24, 2.45) is 0 Å². The zero-order valence-electron chi connectivity index (χ0n) is 47.7. The second-order valence-electron chi connectivity index (χ2n) is 23.2. The molecular weight excluding hydrogens is 1010 g/mol. The van der Waals surface area contributed by atoms with Gasteiger partial charge in [0.1, 0.15) is 28.7 Å². The number of rotatable bonds is 12. The summed E-state index contributed by atoms with van der Waals surface area (Å²) in [5.41, 5.74) is 21.1. The number of nitrogens with zero attached hydrogens (tertiary/aromatic N) is 5. The molecule has 0 aliphatic rings. The first-order valence-electron chi connectivity index (χ1n) is 28.8. The first-order valence-corrected chi connectivity index (χ1v) is 28.8. The maximum atomic E-state index is 7.25. The molecule has 5 heterocycles. The molecule has 0 saturated carbocycles. The van der Waals surface area contributed by atoms with Gasteiger partial charge in [0.2, 0.25) is 5.71 Å². The fourth-order valence-corrected chi connectivity index (χ4v) is 12.3. The second-order valence-corrected chi connectivity index (χ2v) is 23.2. The van der Waals surface area contributed by atoms with Gasteiger partial charge in [-0.05, 0) is 172 Å². The summed E-state index contributed by atoms with van der Waals surface area (Å²) >= 11 is 0. The topological polar surface area (TPSA) is 84.0 Å². The standard InChI is InChI=1S/C74H63N5O3/c1-42(2)57-36-50(47-21-12-10-13-22-47)37-58(43(3)4)67(57)78-65-29-18-16-27-63(65)76-72(78)49-25-20-26-52(35-49)80-53-40-61-55-34-33-54-56-32-31-46(9)75-74(56)82-71(54)70(55)81-69(61)62(41-53)73-77-64-28-17-19-30-66(64)79(73)68-59(44(5)6)38-51(39-60(68)45(7)8)48-23-14-11-15-24-48/h10-45H,1-9H3.